The third-order valence-corrected chi connectivity index (χ3v) is 14.2. The van der Waals surface area contributed by atoms with E-state index in [9.17, 15) is 14.4 Å². The quantitative estimate of drug-likeness (QED) is 0.0261. The van der Waals surface area contributed by atoms with Crippen LogP contribution in [0.25, 0.3) is 0 Å². The molecule has 76 heavy (non-hydrogen) atoms. The standard InChI is InChI=1S/C70H122O6/c1-4-7-10-13-16-19-21-23-25-27-29-31-33-34-35-36-38-39-41-43-45-47-49-51-54-57-60-63-69(72)75-66-67(65-74-68(71)62-59-56-53-18-15-12-9-6-3)76-70(73)64-61-58-55-52-50-48-46-44-42-40-37-32-30-28-26-24-22-20-17-14-11-8-5-2/h8,11,17,20,24,26,30,32,40,42,46,48,52,55,67H,4-7,9-10,12-16,18-19,21-23,25,27-29,31,33-39,41,43-45,47,49-51,53-54,56-66H2,1-3H3/b11-8-,20-17-,26-24-,32-30-,42-40-,48-46-,55-52-. The topological polar surface area (TPSA) is 78.9 Å². The Bertz CT molecular complexity index is 1450. The van der Waals surface area contributed by atoms with Crippen molar-refractivity contribution in [2.24, 2.45) is 0 Å². The highest BCUT2D eigenvalue weighted by Gasteiger charge is 2.19. The van der Waals surface area contributed by atoms with E-state index < -0.39 is 6.10 Å². The molecule has 0 aliphatic heterocycles. The first-order valence-electron chi connectivity index (χ1n) is 32.6. The largest absolute Gasteiger partial charge is 0.462 e. The Kier molecular flexibility index (Phi) is 61.2. The molecule has 0 saturated heterocycles. The van der Waals surface area contributed by atoms with Crippen LogP contribution in [0.2, 0.25) is 0 Å². The number of esters is 3. The molecule has 6 nitrogen and oxygen atoms in total. The van der Waals surface area contributed by atoms with E-state index in [1.807, 2.05) is 0 Å². The number of hydrogen-bond acceptors (Lipinski definition) is 6. The second-order valence-corrected chi connectivity index (χ2v) is 21.7. The monoisotopic (exact) mass is 1060 g/mol. The summed E-state index contributed by atoms with van der Waals surface area (Å²) in [6.07, 6.45) is 84.9. The van der Waals surface area contributed by atoms with Crippen LogP contribution in [-0.2, 0) is 28.6 Å². The lowest BCUT2D eigenvalue weighted by Crippen LogP contribution is -2.30. The van der Waals surface area contributed by atoms with Gasteiger partial charge in [-0.1, -0.05) is 318 Å². The van der Waals surface area contributed by atoms with E-state index >= 15 is 0 Å². The summed E-state index contributed by atoms with van der Waals surface area (Å²) >= 11 is 0. The summed E-state index contributed by atoms with van der Waals surface area (Å²) < 4.78 is 16.8. The third-order valence-electron chi connectivity index (χ3n) is 14.2. The van der Waals surface area contributed by atoms with E-state index in [0.29, 0.717) is 19.3 Å². The predicted molar refractivity (Wildman–Crippen MR) is 330 cm³/mol. The molecule has 0 aliphatic carbocycles. The first-order valence-corrected chi connectivity index (χ1v) is 32.6. The van der Waals surface area contributed by atoms with Gasteiger partial charge in [0.25, 0.3) is 0 Å². The van der Waals surface area contributed by atoms with Crippen molar-refractivity contribution in [2.45, 2.75) is 329 Å². The molecule has 0 N–H and O–H groups in total. The van der Waals surface area contributed by atoms with Crippen molar-refractivity contribution < 1.29 is 28.6 Å². The molecule has 0 fully saturated rings. The SMILES string of the molecule is CC/C=C\C/C=C\C/C=C\C/C=C\C/C=C\C/C=C\C/C=C\CCCC(=O)OC(COC(=O)CCCCCCCCCC)COC(=O)CCCCCCCCCCCCCCCCCCCCCCCCCCCCC. The van der Waals surface area contributed by atoms with Crippen molar-refractivity contribution in [3.05, 3.63) is 85.1 Å². The van der Waals surface area contributed by atoms with E-state index in [-0.39, 0.29) is 37.5 Å². The molecule has 0 bridgehead atoms. The van der Waals surface area contributed by atoms with Crippen LogP contribution in [0, 0.1) is 0 Å². The molecule has 0 spiro atoms. The Morgan fingerprint density at radius 1 is 0.276 bits per heavy atom. The number of allylic oxidation sites excluding steroid dienone is 14. The van der Waals surface area contributed by atoms with Gasteiger partial charge in [0.15, 0.2) is 6.10 Å². The first kappa shape index (κ1) is 72.6. The molecular weight excluding hydrogens is 937 g/mol. The molecule has 1 atom stereocenters. The van der Waals surface area contributed by atoms with E-state index in [2.05, 4.69) is 106 Å². The van der Waals surface area contributed by atoms with Gasteiger partial charge in [-0.05, 0) is 70.6 Å². The van der Waals surface area contributed by atoms with Crippen molar-refractivity contribution in [1.82, 2.24) is 0 Å². The average Bonchev–Trinajstić information content (AvgIpc) is 3.42. The van der Waals surface area contributed by atoms with Gasteiger partial charge in [0, 0.05) is 19.3 Å². The highest BCUT2D eigenvalue weighted by Crippen LogP contribution is 2.17. The molecule has 0 aromatic heterocycles. The van der Waals surface area contributed by atoms with Crippen LogP contribution in [0.5, 0.6) is 0 Å². The van der Waals surface area contributed by atoms with Crippen molar-refractivity contribution in [3.63, 3.8) is 0 Å². The van der Waals surface area contributed by atoms with Gasteiger partial charge in [0.2, 0.25) is 0 Å². The Morgan fingerprint density at radius 3 is 0.789 bits per heavy atom. The van der Waals surface area contributed by atoms with Gasteiger partial charge in [-0.2, -0.15) is 0 Å². The lowest BCUT2D eigenvalue weighted by atomic mass is 10.0. The maximum Gasteiger partial charge on any atom is 0.306 e. The predicted octanol–water partition coefficient (Wildman–Crippen LogP) is 22.3. The van der Waals surface area contributed by atoms with E-state index in [1.165, 1.54) is 186 Å². The maximum atomic E-state index is 12.8. The van der Waals surface area contributed by atoms with Crippen molar-refractivity contribution in [1.29, 1.82) is 0 Å². The summed E-state index contributed by atoms with van der Waals surface area (Å²) in [6.45, 7) is 6.49. The van der Waals surface area contributed by atoms with E-state index in [1.54, 1.807) is 0 Å². The molecule has 0 aromatic rings. The van der Waals surface area contributed by atoms with Gasteiger partial charge in [-0.25, -0.2) is 0 Å². The van der Waals surface area contributed by atoms with E-state index in [0.717, 1.165) is 89.9 Å². The highest BCUT2D eigenvalue weighted by molar-refractivity contribution is 5.71. The lowest BCUT2D eigenvalue weighted by Gasteiger charge is -2.18. The van der Waals surface area contributed by atoms with Crippen LogP contribution in [0.1, 0.15) is 323 Å². The number of carbonyl (C=O) groups excluding carboxylic acids is 3. The van der Waals surface area contributed by atoms with Gasteiger partial charge < -0.3 is 14.2 Å². The molecule has 0 rings (SSSR count). The number of rotatable bonds is 59. The van der Waals surface area contributed by atoms with Crippen LogP contribution in [0.3, 0.4) is 0 Å². The summed E-state index contributed by atoms with van der Waals surface area (Å²) in [5, 5.41) is 0. The number of carbonyl (C=O) groups is 3. The van der Waals surface area contributed by atoms with Gasteiger partial charge in [-0.15, -0.1) is 0 Å². The first-order chi connectivity index (χ1) is 37.5. The van der Waals surface area contributed by atoms with Gasteiger partial charge in [0.05, 0.1) is 0 Å². The number of ether oxygens (including phenoxy) is 3. The summed E-state index contributed by atoms with van der Waals surface area (Å²) in [4.78, 5) is 38.1. The molecule has 0 saturated carbocycles. The van der Waals surface area contributed by atoms with Gasteiger partial charge in [0.1, 0.15) is 13.2 Å². The highest BCUT2D eigenvalue weighted by atomic mass is 16.6. The number of unbranched alkanes of at least 4 members (excludes halogenated alkanes) is 34. The van der Waals surface area contributed by atoms with Crippen LogP contribution >= 0.6 is 0 Å². The average molecular weight is 1060 g/mol. The smallest absolute Gasteiger partial charge is 0.306 e. The lowest BCUT2D eigenvalue weighted by molar-refractivity contribution is -0.167. The molecular formula is C70H122O6. The minimum atomic E-state index is -0.804. The number of hydrogen-bond donors (Lipinski definition) is 0. The molecule has 438 valence electrons. The fourth-order valence-corrected chi connectivity index (χ4v) is 9.32. The zero-order chi connectivity index (χ0) is 55.0. The van der Waals surface area contributed by atoms with Crippen LogP contribution in [0.4, 0.5) is 0 Å². The Morgan fingerprint density at radius 2 is 0.513 bits per heavy atom. The minimum absolute atomic E-state index is 0.0962. The molecule has 0 radical (unpaired) electrons. The fraction of sp³-hybridized carbons (Fsp3) is 0.757. The van der Waals surface area contributed by atoms with Crippen LogP contribution < -0.4 is 0 Å². The summed E-state index contributed by atoms with van der Waals surface area (Å²) in [6, 6.07) is 0. The molecule has 0 amide bonds. The minimum Gasteiger partial charge on any atom is -0.462 e. The molecule has 0 aromatic carbocycles. The second-order valence-electron chi connectivity index (χ2n) is 21.7. The Hall–Kier alpha value is -3.41. The normalized spacial score (nSPS) is 12.6. The van der Waals surface area contributed by atoms with Crippen LogP contribution in [-0.4, -0.2) is 37.2 Å². The maximum absolute atomic E-state index is 12.8. The summed E-state index contributed by atoms with van der Waals surface area (Å²) in [5.41, 5.74) is 0. The van der Waals surface area contributed by atoms with E-state index in [4.69, 9.17) is 14.2 Å². The van der Waals surface area contributed by atoms with Gasteiger partial charge in [-0.3, -0.25) is 14.4 Å². The zero-order valence-corrected chi connectivity index (χ0v) is 50.3. The summed E-state index contributed by atoms with van der Waals surface area (Å²) in [7, 11) is 0. The molecule has 0 heterocycles. The second kappa shape index (κ2) is 64.1. The molecule has 1 unspecified atom stereocenters. The summed E-state index contributed by atoms with van der Waals surface area (Å²) in [5.74, 6) is -0.949. The van der Waals surface area contributed by atoms with Gasteiger partial charge >= 0.3 is 17.9 Å². The van der Waals surface area contributed by atoms with Crippen molar-refractivity contribution >= 4 is 17.9 Å². The Balaban J connectivity index is 4.21. The zero-order valence-electron chi connectivity index (χ0n) is 50.3. The van der Waals surface area contributed by atoms with Crippen LogP contribution in [0.15, 0.2) is 85.1 Å². The molecule has 6 heteroatoms. The van der Waals surface area contributed by atoms with Crippen molar-refractivity contribution in [3.8, 4) is 0 Å². The van der Waals surface area contributed by atoms with Crippen molar-refractivity contribution in [2.75, 3.05) is 13.2 Å². The third kappa shape index (κ3) is 61.4. The fourth-order valence-electron chi connectivity index (χ4n) is 9.32. The Labute approximate surface area is 471 Å². The molecule has 0 aliphatic rings.